The zero-order valence-corrected chi connectivity index (χ0v) is 7.23. The first-order valence-corrected chi connectivity index (χ1v) is 3.54. The second kappa shape index (κ2) is 3.61. The Labute approximate surface area is 81.5 Å². The van der Waals surface area contributed by atoms with Crippen LogP contribution in [0.15, 0.2) is 42.5 Å². The first-order valence-electron chi connectivity index (χ1n) is 3.54. The molecule has 0 amide bonds. The Morgan fingerprint density at radius 2 is 1.50 bits per heavy atom. The van der Waals surface area contributed by atoms with Crippen LogP contribution in [0.2, 0.25) is 0 Å². The van der Waals surface area contributed by atoms with Crippen LogP contribution in [0.25, 0.3) is 10.8 Å². The van der Waals surface area contributed by atoms with Crippen molar-refractivity contribution in [2.45, 2.75) is 0 Å². The van der Waals surface area contributed by atoms with Crippen molar-refractivity contribution in [1.29, 1.82) is 0 Å². The van der Waals surface area contributed by atoms with Gasteiger partial charge in [0.2, 0.25) is 0 Å². The molecule has 0 aliphatic heterocycles. The van der Waals surface area contributed by atoms with Crippen LogP contribution < -0.4 is 0 Å². The fourth-order valence-electron chi connectivity index (χ4n) is 1.21. The number of hydrogen-bond donors (Lipinski definition) is 1. The smallest absolute Gasteiger partial charge is 0.507 e. The topological polar surface area (TPSA) is 20.2 Å². The molecule has 2 heteroatoms. The van der Waals surface area contributed by atoms with Crippen LogP contribution >= 0.6 is 0 Å². The maximum absolute atomic E-state index is 9.37. The maximum Gasteiger partial charge on any atom is 1.00 e. The number of fused-ring (bicyclic) bond motifs is 1. The Morgan fingerprint density at radius 3 is 2.25 bits per heavy atom. The summed E-state index contributed by atoms with van der Waals surface area (Å²) in [5, 5.41) is 11.4. The zero-order valence-electron chi connectivity index (χ0n) is 6.29. The third-order valence-corrected chi connectivity index (χ3v) is 1.77. The summed E-state index contributed by atoms with van der Waals surface area (Å²) in [6.07, 6.45) is 0. The minimum atomic E-state index is 0. The third-order valence-electron chi connectivity index (χ3n) is 1.77. The van der Waals surface area contributed by atoms with Crippen molar-refractivity contribution in [3.05, 3.63) is 42.5 Å². The average Bonchev–Trinajstić information content (AvgIpc) is 2.06. The SMILES string of the molecule is Oc1cccc2ccccc12.[Cu+]. The molecule has 2 aromatic rings. The molecular weight excluding hydrogens is 200 g/mol. The Bertz CT molecular complexity index is 379. The van der Waals surface area contributed by atoms with Gasteiger partial charge in [0.1, 0.15) is 5.75 Å². The van der Waals surface area contributed by atoms with E-state index in [9.17, 15) is 5.11 Å². The van der Waals surface area contributed by atoms with E-state index >= 15 is 0 Å². The monoisotopic (exact) mass is 207 g/mol. The molecule has 64 valence electrons. The van der Waals surface area contributed by atoms with Crippen LogP contribution in [0, 0.1) is 0 Å². The molecule has 0 aromatic heterocycles. The predicted molar refractivity (Wildman–Crippen MR) is 45.6 cm³/mol. The van der Waals surface area contributed by atoms with Gasteiger partial charge in [-0.25, -0.2) is 0 Å². The molecule has 0 unspecified atom stereocenters. The first-order chi connectivity index (χ1) is 5.38. The summed E-state index contributed by atoms with van der Waals surface area (Å²) in [6.45, 7) is 0. The average molecular weight is 208 g/mol. The third kappa shape index (κ3) is 1.45. The molecule has 0 bridgehead atoms. The van der Waals surface area contributed by atoms with E-state index < -0.39 is 0 Å². The molecule has 0 aliphatic rings. The summed E-state index contributed by atoms with van der Waals surface area (Å²) in [5.41, 5.74) is 0. The van der Waals surface area contributed by atoms with E-state index in [0.29, 0.717) is 5.75 Å². The first kappa shape index (κ1) is 9.11. The molecule has 1 N–H and O–H groups in total. The number of aromatic hydroxyl groups is 1. The van der Waals surface area contributed by atoms with Gasteiger partial charge in [-0.05, 0) is 11.5 Å². The minimum Gasteiger partial charge on any atom is -0.507 e. The molecule has 12 heavy (non-hydrogen) atoms. The molecule has 2 aromatic carbocycles. The number of phenols is 1. The molecule has 0 atom stereocenters. The zero-order chi connectivity index (χ0) is 7.68. The summed E-state index contributed by atoms with van der Waals surface area (Å²) in [5.74, 6) is 0.350. The Kier molecular flexibility index (Phi) is 2.74. The molecule has 0 saturated heterocycles. The van der Waals surface area contributed by atoms with E-state index in [2.05, 4.69) is 0 Å². The van der Waals surface area contributed by atoms with E-state index in [1.165, 1.54) is 0 Å². The number of phenolic OH excluding ortho intramolecular Hbond substituents is 1. The van der Waals surface area contributed by atoms with Gasteiger partial charge in [-0.15, -0.1) is 0 Å². The summed E-state index contributed by atoms with van der Waals surface area (Å²) in [4.78, 5) is 0. The quantitative estimate of drug-likeness (QED) is 0.659. The summed E-state index contributed by atoms with van der Waals surface area (Å²) in [7, 11) is 0. The molecule has 0 aliphatic carbocycles. The van der Waals surface area contributed by atoms with Gasteiger partial charge in [-0.1, -0.05) is 36.4 Å². The second-order valence-corrected chi connectivity index (χ2v) is 2.50. The van der Waals surface area contributed by atoms with Crippen molar-refractivity contribution >= 4 is 10.8 Å². The van der Waals surface area contributed by atoms with Gasteiger partial charge < -0.3 is 5.11 Å². The van der Waals surface area contributed by atoms with E-state index in [0.717, 1.165) is 10.8 Å². The van der Waals surface area contributed by atoms with Gasteiger partial charge in [-0.3, -0.25) is 0 Å². The van der Waals surface area contributed by atoms with Crippen molar-refractivity contribution in [3.63, 3.8) is 0 Å². The van der Waals surface area contributed by atoms with Gasteiger partial charge in [0.15, 0.2) is 0 Å². The molecule has 0 saturated carbocycles. The fourth-order valence-corrected chi connectivity index (χ4v) is 1.21. The fraction of sp³-hybridized carbons (Fsp3) is 0. The maximum atomic E-state index is 9.37. The Hall–Kier alpha value is -0.981. The molecule has 0 radical (unpaired) electrons. The number of hydrogen-bond acceptors (Lipinski definition) is 1. The molecule has 0 heterocycles. The normalized spacial score (nSPS) is 9.33. The van der Waals surface area contributed by atoms with Crippen molar-refractivity contribution < 1.29 is 22.2 Å². The van der Waals surface area contributed by atoms with Crippen molar-refractivity contribution in [1.82, 2.24) is 0 Å². The second-order valence-electron chi connectivity index (χ2n) is 2.50. The Balaban J connectivity index is 0.000000720. The summed E-state index contributed by atoms with van der Waals surface area (Å²) < 4.78 is 0. The van der Waals surface area contributed by atoms with Crippen LogP contribution in [-0.4, -0.2) is 5.11 Å². The molecule has 1 nitrogen and oxygen atoms in total. The molecule has 2 rings (SSSR count). The van der Waals surface area contributed by atoms with Crippen LogP contribution in [0.5, 0.6) is 5.75 Å². The molecular formula is C10H8CuO+. The van der Waals surface area contributed by atoms with Crippen LogP contribution in [0.3, 0.4) is 0 Å². The molecule has 0 spiro atoms. The number of rotatable bonds is 0. The molecule has 0 fully saturated rings. The minimum absolute atomic E-state index is 0. The van der Waals surface area contributed by atoms with Gasteiger partial charge in [0, 0.05) is 5.39 Å². The van der Waals surface area contributed by atoms with E-state index in [1.807, 2.05) is 36.4 Å². The van der Waals surface area contributed by atoms with Crippen LogP contribution in [0.1, 0.15) is 0 Å². The summed E-state index contributed by atoms with van der Waals surface area (Å²) in [6, 6.07) is 13.3. The van der Waals surface area contributed by atoms with Gasteiger partial charge >= 0.3 is 17.1 Å². The van der Waals surface area contributed by atoms with E-state index in [4.69, 9.17) is 0 Å². The van der Waals surface area contributed by atoms with Gasteiger partial charge in [0.25, 0.3) is 0 Å². The van der Waals surface area contributed by atoms with Crippen molar-refractivity contribution in [2.75, 3.05) is 0 Å². The number of benzene rings is 2. The Morgan fingerprint density at radius 1 is 0.833 bits per heavy atom. The van der Waals surface area contributed by atoms with Crippen LogP contribution in [0.4, 0.5) is 0 Å². The van der Waals surface area contributed by atoms with E-state index in [1.54, 1.807) is 6.07 Å². The summed E-state index contributed by atoms with van der Waals surface area (Å²) >= 11 is 0. The van der Waals surface area contributed by atoms with Gasteiger partial charge in [0.05, 0.1) is 0 Å². The van der Waals surface area contributed by atoms with Crippen LogP contribution in [-0.2, 0) is 17.1 Å². The van der Waals surface area contributed by atoms with Crippen molar-refractivity contribution in [3.8, 4) is 5.75 Å². The predicted octanol–water partition coefficient (Wildman–Crippen LogP) is 2.54. The van der Waals surface area contributed by atoms with E-state index in [-0.39, 0.29) is 17.1 Å². The standard InChI is InChI=1S/C10H8O.Cu/c11-10-7-3-5-8-4-1-2-6-9(8)10;/h1-7,11H;/q;+1. The van der Waals surface area contributed by atoms with Gasteiger partial charge in [-0.2, -0.15) is 0 Å². The van der Waals surface area contributed by atoms with Crippen molar-refractivity contribution in [2.24, 2.45) is 0 Å². The largest absolute Gasteiger partial charge is 1.00 e.